The molecule has 15 heavy (non-hydrogen) atoms. The maximum Gasteiger partial charge on any atom is 0.149 e. The highest BCUT2D eigenvalue weighted by atomic mass is 79.9. The summed E-state index contributed by atoms with van der Waals surface area (Å²) in [4.78, 5) is 8.10. The van der Waals surface area contributed by atoms with Crippen molar-refractivity contribution in [2.24, 2.45) is 0 Å². The summed E-state index contributed by atoms with van der Waals surface area (Å²) in [7, 11) is 0. The summed E-state index contributed by atoms with van der Waals surface area (Å²) in [6, 6.07) is 6.57. The average Bonchev–Trinajstić information content (AvgIpc) is 2.31. The largest absolute Gasteiger partial charge is 0.265 e. The molecule has 0 saturated carbocycles. The van der Waals surface area contributed by atoms with E-state index in [1.165, 1.54) is 6.07 Å². The Morgan fingerprint density at radius 2 is 1.87 bits per heavy atom. The molecular weight excluding hydrogens is 259 g/mol. The Morgan fingerprint density at radius 1 is 1.13 bits per heavy atom. The monoisotopic (exact) mass is 266 g/mol. The fourth-order valence-electron chi connectivity index (χ4n) is 1.27. The minimum absolute atomic E-state index is 0.314. The van der Waals surface area contributed by atoms with E-state index in [2.05, 4.69) is 25.9 Å². The zero-order valence-electron chi connectivity index (χ0n) is 7.82. The van der Waals surface area contributed by atoms with Crippen LogP contribution in [0, 0.1) is 5.82 Å². The maximum atomic E-state index is 13.5. The molecule has 0 aliphatic rings. The van der Waals surface area contributed by atoms with Crippen molar-refractivity contribution in [3.63, 3.8) is 0 Å². The molecule has 2 aromatic rings. The second kappa shape index (κ2) is 4.49. The number of aromatic nitrogens is 2. The number of halogens is 2. The molecule has 2 nitrogen and oxygen atoms in total. The van der Waals surface area contributed by atoms with Crippen LogP contribution >= 0.6 is 15.9 Å². The summed E-state index contributed by atoms with van der Waals surface area (Å²) in [6.07, 6.45) is 3.24. The quantitative estimate of drug-likeness (QED) is 0.781. The van der Waals surface area contributed by atoms with Crippen molar-refractivity contribution in [2.45, 2.75) is 5.33 Å². The molecule has 0 amide bonds. The molecule has 0 radical (unpaired) electrons. The lowest BCUT2D eigenvalue weighted by Crippen LogP contribution is -1.93. The normalized spacial score (nSPS) is 10.3. The Balaban J connectivity index is 2.52. The first kappa shape index (κ1) is 10.2. The van der Waals surface area contributed by atoms with Crippen LogP contribution < -0.4 is 0 Å². The number of hydrogen-bond acceptors (Lipinski definition) is 2. The van der Waals surface area contributed by atoms with Crippen molar-refractivity contribution in [1.82, 2.24) is 9.97 Å². The first-order chi connectivity index (χ1) is 7.31. The predicted octanol–water partition coefficient (Wildman–Crippen LogP) is 3.18. The van der Waals surface area contributed by atoms with E-state index in [1.807, 2.05) is 0 Å². The number of nitrogens with zero attached hydrogens (tertiary/aromatic N) is 2. The molecule has 0 atom stereocenters. The lowest BCUT2D eigenvalue weighted by molar-refractivity contribution is 0.624. The van der Waals surface area contributed by atoms with E-state index in [4.69, 9.17) is 0 Å². The van der Waals surface area contributed by atoms with Gasteiger partial charge in [0, 0.05) is 23.3 Å². The van der Waals surface area contributed by atoms with E-state index in [1.54, 1.807) is 30.6 Å². The molecular formula is C11H8BrFN2. The standard InChI is InChI=1S/C11H8BrFN2/c12-7-9-1-2-10(13)11(15-9)8-3-5-14-6-4-8/h1-6H,7H2. The average molecular weight is 267 g/mol. The van der Waals surface area contributed by atoms with Gasteiger partial charge in [0.15, 0.2) is 0 Å². The van der Waals surface area contributed by atoms with Gasteiger partial charge in [-0.15, -0.1) is 0 Å². The molecule has 0 N–H and O–H groups in total. The van der Waals surface area contributed by atoms with Crippen LogP contribution in [0.25, 0.3) is 11.3 Å². The number of alkyl halides is 1. The molecule has 0 aliphatic carbocycles. The van der Waals surface area contributed by atoms with Crippen molar-refractivity contribution in [3.8, 4) is 11.3 Å². The first-order valence-corrected chi connectivity index (χ1v) is 5.55. The number of hydrogen-bond donors (Lipinski definition) is 0. The molecule has 0 bridgehead atoms. The van der Waals surface area contributed by atoms with Gasteiger partial charge in [0.2, 0.25) is 0 Å². The number of rotatable bonds is 2. The third kappa shape index (κ3) is 2.21. The minimum atomic E-state index is -0.314. The van der Waals surface area contributed by atoms with Gasteiger partial charge in [-0.05, 0) is 24.3 Å². The summed E-state index contributed by atoms with van der Waals surface area (Å²) < 4.78 is 13.5. The van der Waals surface area contributed by atoms with Crippen LogP contribution in [-0.4, -0.2) is 9.97 Å². The van der Waals surface area contributed by atoms with Gasteiger partial charge < -0.3 is 0 Å². The van der Waals surface area contributed by atoms with E-state index in [0.29, 0.717) is 11.0 Å². The molecule has 0 saturated heterocycles. The Labute approximate surface area is 95.3 Å². The molecule has 2 heterocycles. The zero-order valence-corrected chi connectivity index (χ0v) is 9.41. The van der Waals surface area contributed by atoms with Crippen LogP contribution in [0.15, 0.2) is 36.7 Å². The summed E-state index contributed by atoms with van der Waals surface area (Å²) in [5.74, 6) is -0.314. The van der Waals surface area contributed by atoms with Gasteiger partial charge in [0.05, 0.1) is 5.69 Å². The van der Waals surface area contributed by atoms with Crippen molar-refractivity contribution in [3.05, 3.63) is 48.2 Å². The lowest BCUT2D eigenvalue weighted by Gasteiger charge is -2.03. The summed E-state index contributed by atoms with van der Waals surface area (Å²) in [5.41, 5.74) is 1.92. The summed E-state index contributed by atoms with van der Waals surface area (Å²) in [6.45, 7) is 0. The summed E-state index contributed by atoms with van der Waals surface area (Å²) >= 11 is 3.29. The van der Waals surface area contributed by atoms with Gasteiger partial charge in [-0.3, -0.25) is 4.98 Å². The lowest BCUT2D eigenvalue weighted by atomic mass is 10.1. The summed E-state index contributed by atoms with van der Waals surface area (Å²) in [5, 5.41) is 0.616. The van der Waals surface area contributed by atoms with Crippen molar-refractivity contribution < 1.29 is 4.39 Å². The molecule has 0 aromatic carbocycles. The van der Waals surface area contributed by atoms with Crippen LogP contribution in [0.2, 0.25) is 0 Å². The molecule has 0 unspecified atom stereocenters. The van der Waals surface area contributed by atoms with Crippen LogP contribution in [0.3, 0.4) is 0 Å². The Morgan fingerprint density at radius 3 is 2.53 bits per heavy atom. The molecule has 0 spiro atoms. The van der Waals surface area contributed by atoms with Gasteiger partial charge in [-0.1, -0.05) is 15.9 Å². The smallest absolute Gasteiger partial charge is 0.149 e. The highest BCUT2D eigenvalue weighted by molar-refractivity contribution is 9.08. The first-order valence-electron chi connectivity index (χ1n) is 4.43. The number of pyridine rings is 2. The molecule has 2 rings (SSSR count). The van der Waals surface area contributed by atoms with E-state index in [0.717, 1.165) is 11.3 Å². The van der Waals surface area contributed by atoms with Crippen LogP contribution in [0.4, 0.5) is 4.39 Å². The zero-order chi connectivity index (χ0) is 10.7. The van der Waals surface area contributed by atoms with Gasteiger partial charge in [-0.2, -0.15) is 0 Å². The molecule has 2 aromatic heterocycles. The van der Waals surface area contributed by atoms with E-state index < -0.39 is 0 Å². The van der Waals surface area contributed by atoms with Gasteiger partial charge in [0.25, 0.3) is 0 Å². The van der Waals surface area contributed by atoms with Crippen LogP contribution in [0.1, 0.15) is 5.69 Å². The van der Waals surface area contributed by atoms with Gasteiger partial charge >= 0.3 is 0 Å². The minimum Gasteiger partial charge on any atom is -0.265 e. The molecule has 76 valence electrons. The Hall–Kier alpha value is -1.29. The third-order valence-corrected chi connectivity index (χ3v) is 2.57. The molecule has 4 heteroatoms. The van der Waals surface area contributed by atoms with Gasteiger partial charge in [0.1, 0.15) is 11.5 Å². The topological polar surface area (TPSA) is 25.8 Å². The molecule has 0 aliphatic heterocycles. The Bertz CT molecular complexity index is 459. The van der Waals surface area contributed by atoms with E-state index in [-0.39, 0.29) is 5.82 Å². The Kier molecular flexibility index (Phi) is 3.06. The highest BCUT2D eigenvalue weighted by Gasteiger charge is 2.07. The predicted molar refractivity (Wildman–Crippen MR) is 60.1 cm³/mol. The van der Waals surface area contributed by atoms with Crippen LogP contribution in [0.5, 0.6) is 0 Å². The highest BCUT2D eigenvalue weighted by Crippen LogP contribution is 2.20. The van der Waals surface area contributed by atoms with E-state index >= 15 is 0 Å². The SMILES string of the molecule is Fc1ccc(CBr)nc1-c1ccncc1. The van der Waals surface area contributed by atoms with Crippen molar-refractivity contribution in [1.29, 1.82) is 0 Å². The van der Waals surface area contributed by atoms with E-state index in [9.17, 15) is 4.39 Å². The van der Waals surface area contributed by atoms with Crippen molar-refractivity contribution in [2.75, 3.05) is 0 Å². The van der Waals surface area contributed by atoms with Gasteiger partial charge in [-0.25, -0.2) is 9.37 Å². The molecule has 0 fully saturated rings. The van der Waals surface area contributed by atoms with Crippen molar-refractivity contribution >= 4 is 15.9 Å². The third-order valence-electron chi connectivity index (χ3n) is 1.99. The van der Waals surface area contributed by atoms with Crippen LogP contribution in [-0.2, 0) is 5.33 Å². The second-order valence-corrected chi connectivity index (χ2v) is 3.56. The fraction of sp³-hybridized carbons (Fsp3) is 0.0909. The second-order valence-electron chi connectivity index (χ2n) is 3.00. The maximum absolute atomic E-state index is 13.5. The fourth-order valence-corrected chi connectivity index (χ4v) is 1.58.